The van der Waals surface area contributed by atoms with E-state index in [1.54, 1.807) is 31.3 Å². The number of hydrogen-bond acceptors (Lipinski definition) is 7. The predicted molar refractivity (Wildman–Crippen MR) is 117 cm³/mol. The van der Waals surface area contributed by atoms with Crippen LogP contribution in [0.2, 0.25) is 0 Å². The van der Waals surface area contributed by atoms with Crippen molar-refractivity contribution in [3.8, 4) is 0 Å². The molecule has 32 heavy (non-hydrogen) atoms. The number of tetrazole rings is 1. The molecule has 0 unspecified atom stereocenters. The number of nitrogens with one attached hydrogen (secondary N) is 2. The lowest BCUT2D eigenvalue weighted by Gasteiger charge is -2.17. The van der Waals surface area contributed by atoms with Gasteiger partial charge in [0.25, 0.3) is 5.91 Å². The molecule has 0 aliphatic carbocycles. The van der Waals surface area contributed by atoms with E-state index >= 15 is 0 Å². The maximum absolute atomic E-state index is 12.9. The average molecular weight is 457 g/mol. The Morgan fingerprint density at radius 1 is 1.00 bits per heavy atom. The maximum Gasteiger partial charge on any atom is 0.254 e. The van der Waals surface area contributed by atoms with Gasteiger partial charge in [-0.05, 0) is 59.0 Å². The standard InChI is InChI=1S/C20H20FN7O3S/c1-27(11-17(29)22-16-9-5-14(21)6-10-16)19(31)13-3-7-15(8-4-13)23-18(30)12-32-20-24-25-26-28(20)2/h3-10H,11-12H2,1-2H3,(H,22,29)(H,23,30). The molecule has 0 aliphatic heterocycles. The van der Waals surface area contributed by atoms with Gasteiger partial charge in [-0.2, -0.15) is 0 Å². The van der Waals surface area contributed by atoms with Crippen molar-refractivity contribution in [2.45, 2.75) is 5.16 Å². The van der Waals surface area contributed by atoms with E-state index in [0.717, 1.165) is 0 Å². The van der Waals surface area contributed by atoms with Crippen molar-refractivity contribution >= 4 is 40.9 Å². The first-order valence-electron chi connectivity index (χ1n) is 9.38. The van der Waals surface area contributed by atoms with Crippen LogP contribution in [0.4, 0.5) is 15.8 Å². The number of halogens is 1. The minimum absolute atomic E-state index is 0.126. The highest BCUT2D eigenvalue weighted by Crippen LogP contribution is 2.15. The minimum Gasteiger partial charge on any atom is -0.332 e. The number of thioether (sulfide) groups is 1. The largest absolute Gasteiger partial charge is 0.332 e. The Hall–Kier alpha value is -3.80. The summed E-state index contributed by atoms with van der Waals surface area (Å²) in [5, 5.41) is 16.8. The quantitative estimate of drug-likeness (QED) is 0.495. The summed E-state index contributed by atoms with van der Waals surface area (Å²) < 4.78 is 14.4. The zero-order valence-corrected chi connectivity index (χ0v) is 18.1. The second kappa shape index (κ2) is 10.5. The van der Waals surface area contributed by atoms with E-state index in [9.17, 15) is 18.8 Å². The molecule has 0 saturated heterocycles. The van der Waals surface area contributed by atoms with Gasteiger partial charge in [0.2, 0.25) is 17.0 Å². The Bertz CT molecular complexity index is 1100. The number of anilines is 2. The van der Waals surface area contributed by atoms with Crippen molar-refractivity contribution in [3.05, 3.63) is 59.9 Å². The number of likely N-dealkylation sites (N-methyl/N-ethyl adjacent to an activating group) is 1. The van der Waals surface area contributed by atoms with Crippen LogP contribution in [-0.2, 0) is 16.6 Å². The van der Waals surface area contributed by atoms with Crippen LogP contribution in [0.15, 0.2) is 53.7 Å². The molecule has 166 valence electrons. The molecule has 1 aromatic heterocycles. The number of aryl methyl sites for hydroxylation is 1. The lowest BCUT2D eigenvalue weighted by molar-refractivity contribution is -0.116. The van der Waals surface area contributed by atoms with E-state index in [1.165, 1.54) is 52.7 Å². The third kappa shape index (κ3) is 6.35. The van der Waals surface area contributed by atoms with Crippen molar-refractivity contribution < 1.29 is 18.8 Å². The number of nitrogens with zero attached hydrogens (tertiary/aromatic N) is 5. The number of hydrogen-bond donors (Lipinski definition) is 2. The summed E-state index contributed by atoms with van der Waals surface area (Å²) in [5.74, 6) is -1.29. The fourth-order valence-electron chi connectivity index (χ4n) is 2.61. The van der Waals surface area contributed by atoms with Crippen LogP contribution in [0, 0.1) is 5.82 Å². The molecule has 12 heteroatoms. The first kappa shape index (κ1) is 22.9. The van der Waals surface area contributed by atoms with Crippen LogP contribution in [0.5, 0.6) is 0 Å². The molecule has 3 amide bonds. The van der Waals surface area contributed by atoms with Crippen LogP contribution < -0.4 is 10.6 Å². The van der Waals surface area contributed by atoms with Gasteiger partial charge in [0.1, 0.15) is 5.82 Å². The molecule has 0 atom stereocenters. The second-order valence-electron chi connectivity index (χ2n) is 6.72. The molecule has 10 nitrogen and oxygen atoms in total. The van der Waals surface area contributed by atoms with E-state index in [-0.39, 0.29) is 24.1 Å². The fraction of sp³-hybridized carbons (Fsp3) is 0.200. The average Bonchev–Trinajstić information content (AvgIpc) is 3.18. The van der Waals surface area contributed by atoms with Gasteiger partial charge >= 0.3 is 0 Å². The van der Waals surface area contributed by atoms with Gasteiger partial charge in [-0.1, -0.05) is 11.8 Å². The summed E-state index contributed by atoms with van der Waals surface area (Å²) in [7, 11) is 3.18. The third-order valence-corrected chi connectivity index (χ3v) is 5.20. The van der Waals surface area contributed by atoms with Crippen LogP contribution in [0.3, 0.4) is 0 Å². The van der Waals surface area contributed by atoms with Crippen LogP contribution in [-0.4, -0.2) is 62.2 Å². The Kier molecular flexibility index (Phi) is 7.49. The summed E-state index contributed by atoms with van der Waals surface area (Å²) in [6, 6.07) is 11.7. The normalized spacial score (nSPS) is 10.5. The first-order valence-corrected chi connectivity index (χ1v) is 10.4. The maximum atomic E-state index is 12.9. The van der Waals surface area contributed by atoms with Gasteiger partial charge in [0, 0.05) is 31.0 Å². The number of carbonyl (C=O) groups excluding carboxylic acids is 3. The molecule has 0 bridgehead atoms. The van der Waals surface area contributed by atoms with Crippen molar-refractivity contribution in [2.24, 2.45) is 7.05 Å². The van der Waals surface area contributed by atoms with Crippen molar-refractivity contribution in [2.75, 3.05) is 30.0 Å². The Labute approximate surface area is 187 Å². The van der Waals surface area contributed by atoms with Gasteiger partial charge in [-0.3, -0.25) is 14.4 Å². The molecular formula is C20H20FN7O3S. The van der Waals surface area contributed by atoms with Crippen molar-refractivity contribution in [1.29, 1.82) is 0 Å². The number of benzene rings is 2. The molecule has 2 aromatic carbocycles. The lowest BCUT2D eigenvalue weighted by Crippen LogP contribution is -2.34. The molecule has 0 aliphatic rings. The van der Waals surface area contributed by atoms with Gasteiger partial charge in [0.15, 0.2) is 0 Å². The summed E-state index contributed by atoms with van der Waals surface area (Å²) in [5.41, 5.74) is 1.32. The highest BCUT2D eigenvalue weighted by molar-refractivity contribution is 7.99. The van der Waals surface area contributed by atoms with E-state index in [2.05, 4.69) is 26.2 Å². The van der Waals surface area contributed by atoms with Crippen LogP contribution >= 0.6 is 11.8 Å². The van der Waals surface area contributed by atoms with E-state index in [1.807, 2.05) is 0 Å². The molecule has 0 spiro atoms. The summed E-state index contributed by atoms with van der Waals surface area (Å²) in [6.45, 7) is -0.178. The Balaban J connectivity index is 1.48. The molecule has 3 aromatic rings. The van der Waals surface area contributed by atoms with Gasteiger partial charge in [-0.25, -0.2) is 9.07 Å². The SMILES string of the molecule is CN(CC(=O)Nc1ccc(F)cc1)C(=O)c1ccc(NC(=O)CSc2nnnn2C)cc1. The predicted octanol–water partition coefficient (Wildman–Crippen LogP) is 1.79. The van der Waals surface area contributed by atoms with E-state index < -0.39 is 11.7 Å². The Morgan fingerprint density at radius 2 is 1.59 bits per heavy atom. The molecular weight excluding hydrogens is 437 g/mol. The smallest absolute Gasteiger partial charge is 0.254 e. The molecule has 0 radical (unpaired) electrons. The molecule has 0 fully saturated rings. The van der Waals surface area contributed by atoms with Gasteiger partial charge in [0.05, 0.1) is 12.3 Å². The van der Waals surface area contributed by atoms with Crippen LogP contribution in [0.1, 0.15) is 10.4 Å². The number of amides is 3. The molecule has 3 rings (SSSR count). The van der Waals surface area contributed by atoms with Gasteiger partial charge < -0.3 is 15.5 Å². The van der Waals surface area contributed by atoms with Crippen LogP contribution in [0.25, 0.3) is 0 Å². The second-order valence-corrected chi connectivity index (χ2v) is 7.66. The first-order chi connectivity index (χ1) is 15.3. The van der Waals surface area contributed by atoms with Crippen molar-refractivity contribution in [1.82, 2.24) is 25.1 Å². The molecule has 0 saturated carbocycles. The summed E-state index contributed by atoms with van der Waals surface area (Å²) in [6.07, 6.45) is 0. The van der Waals surface area contributed by atoms with Gasteiger partial charge in [-0.15, -0.1) is 5.10 Å². The van der Waals surface area contributed by atoms with E-state index in [0.29, 0.717) is 22.1 Å². The number of carbonyl (C=O) groups is 3. The number of rotatable bonds is 8. The lowest BCUT2D eigenvalue weighted by atomic mass is 10.2. The highest BCUT2D eigenvalue weighted by Gasteiger charge is 2.15. The fourth-order valence-corrected chi connectivity index (χ4v) is 3.26. The molecule has 1 heterocycles. The van der Waals surface area contributed by atoms with E-state index in [4.69, 9.17) is 0 Å². The zero-order valence-electron chi connectivity index (χ0n) is 17.3. The highest BCUT2D eigenvalue weighted by atomic mass is 32.2. The zero-order chi connectivity index (χ0) is 23.1. The number of aromatic nitrogens is 4. The van der Waals surface area contributed by atoms with Crippen molar-refractivity contribution in [3.63, 3.8) is 0 Å². The molecule has 2 N–H and O–H groups in total. The summed E-state index contributed by atoms with van der Waals surface area (Å²) in [4.78, 5) is 38.0. The summed E-state index contributed by atoms with van der Waals surface area (Å²) >= 11 is 1.20. The monoisotopic (exact) mass is 457 g/mol. The Morgan fingerprint density at radius 3 is 2.19 bits per heavy atom. The topological polar surface area (TPSA) is 122 Å². The third-order valence-electron chi connectivity index (χ3n) is 4.18. The minimum atomic E-state index is -0.410.